The fourth-order valence-corrected chi connectivity index (χ4v) is 2.00. The van der Waals surface area contributed by atoms with Gasteiger partial charge in [-0.25, -0.2) is 13.2 Å². The van der Waals surface area contributed by atoms with Gasteiger partial charge in [0.05, 0.1) is 10.7 Å². The Labute approximate surface area is 125 Å². The van der Waals surface area contributed by atoms with Crippen molar-refractivity contribution < 1.29 is 18.0 Å². The number of carbonyl (C=O) groups excluding carboxylic acids is 1. The van der Waals surface area contributed by atoms with Crippen molar-refractivity contribution in [1.29, 1.82) is 0 Å². The molecular weight excluding hydrogens is 358 g/mol. The molecule has 0 radical (unpaired) electrons. The smallest absolute Gasteiger partial charge is 0.255 e. The van der Waals surface area contributed by atoms with Gasteiger partial charge in [-0.2, -0.15) is 0 Å². The third-order valence-corrected chi connectivity index (χ3v) is 3.25. The van der Waals surface area contributed by atoms with Gasteiger partial charge in [-0.15, -0.1) is 0 Å². The van der Waals surface area contributed by atoms with E-state index in [1.54, 1.807) is 6.07 Å². The zero-order chi connectivity index (χ0) is 14.9. The summed E-state index contributed by atoms with van der Waals surface area (Å²) < 4.78 is 39.6. The van der Waals surface area contributed by atoms with E-state index in [9.17, 15) is 18.0 Å². The summed E-state index contributed by atoms with van der Waals surface area (Å²) in [5, 5.41) is 2.64. The molecule has 0 atom stereocenters. The van der Waals surface area contributed by atoms with Crippen LogP contribution in [0.1, 0.15) is 10.4 Å². The Morgan fingerprint density at radius 1 is 1.10 bits per heavy atom. The predicted molar refractivity (Wildman–Crippen MR) is 73.4 cm³/mol. The van der Waals surface area contributed by atoms with E-state index in [4.69, 9.17) is 11.6 Å². The first-order valence-corrected chi connectivity index (χ1v) is 6.46. The van der Waals surface area contributed by atoms with Crippen LogP contribution in [0.4, 0.5) is 18.9 Å². The standard InChI is InChI=1S/C13H6BrClF3NO/c14-7-1-2-8(15)11(5-7)19-13(20)6-3-9(16)12(18)10(17)4-6/h1-5H,(H,19,20). The number of amides is 1. The Morgan fingerprint density at radius 2 is 1.70 bits per heavy atom. The number of hydrogen-bond acceptors (Lipinski definition) is 1. The third kappa shape index (κ3) is 3.13. The number of carbonyl (C=O) groups is 1. The number of rotatable bonds is 2. The number of hydrogen-bond donors (Lipinski definition) is 1. The molecule has 0 saturated heterocycles. The maximum atomic E-state index is 13.1. The first kappa shape index (κ1) is 14.9. The highest BCUT2D eigenvalue weighted by molar-refractivity contribution is 9.10. The summed E-state index contributed by atoms with van der Waals surface area (Å²) in [6.45, 7) is 0. The molecule has 2 aromatic carbocycles. The SMILES string of the molecule is O=C(Nc1cc(Br)ccc1Cl)c1cc(F)c(F)c(F)c1. The normalized spacial score (nSPS) is 10.4. The van der Waals surface area contributed by atoms with E-state index in [1.165, 1.54) is 12.1 Å². The van der Waals surface area contributed by atoms with Gasteiger partial charge < -0.3 is 5.32 Å². The molecule has 0 aliphatic carbocycles. The molecule has 1 N–H and O–H groups in total. The van der Waals surface area contributed by atoms with Gasteiger partial charge >= 0.3 is 0 Å². The van der Waals surface area contributed by atoms with Crippen molar-refractivity contribution in [2.45, 2.75) is 0 Å². The summed E-state index contributed by atoms with van der Waals surface area (Å²) in [5.74, 6) is -5.30. The van der Waals surface area contributed by atoms with Crippen LogP contribution in [0, 0.1) is 17.5 Å². The van der Waals surface area contributed by atoms with Crippen molar-refractivity contribution in [3.63, 3.8) is 0 Å². The molecular formula is C13H6BrClF3NO. The molecule has 20 heavy (non-hydrogen) atoms. The Hall–Kier alpha value is -1.53. The lowest BCUT2D eigenvalue weighted by Crippen LogP contribution is -2.13. The minimum atomic E-state index is -1.62. The summed E-state index contributed by atoms with van der Waals surface area (Å²) >= 11 is 9.07. The van der Waals surface area contributed by atoms with Crippen LogP contribution in [-0.2, 0) is 0 Å². The minimum Gasteiger partial charge on any atom is -0.321 e. The van der Waals surface area contributed by atoms with Gasteiger partial charge in [-0.3, -0.25) is 4.79 Å². The number of nitrogens with one attached hydrogen (secondary N) is 1. The summed E-state index contributed by atoms with van der Waals surface area (Å²) in [6.07, 6.45) is 0. The van der Waals surface area contributed by atoms with E-state index >= 15 is 0 Å². The lowest BCUT2D eigenvalue weighted by molar-refractivity contribution is 0.102. The molecule has 0 aliphatic heterocycles. The van der Waals surface area contributed by atoms with Crippen molar-refractivity contribution >= 4 is 39.1 Å². The largest absolute Gasteiger partial charge is 0.321 e. The Kier molecular flexibility index (Phi) is 4.35. The van der Waals surface area contributed by atoms with Crippen LogP contribution in [0.3, 0.4) is 0 Å². The Morgan fingerprint density at radius 3 is 2.30 bits per heavy atom. The van der Waals surface area contributed by atoms with Crippen molar-refractivity contribution in [3.05, 3.63) is 62.8 Å². The quantitative estimate of drug-likeness (QED) is 0.764. The van der Waals surface area contributed by atoms with Gasteiger partial charge in [0, 0.05) is 10.0 Å². The summed E-state index contributed by atoms with van der Waals surface area (Å²) in [7, 11) is 0. The predicted octanol–water partition coefficient (Wildman–Crippen LogP) is 4.77. The van der Waals surface area contributed by atoms with Crippen LogP contribution in [0.15, 0.2) is 34.8 Å². The van der Waals surface area contributed by atoms with Crippen LogP contribution in [0.25, 0.3) is 0 Å². The molecule has 0 aromatic heterocycles. The van der Waals surface area contributed by atoms with Gasteiger partial charge in [0.15, 0.2) is 17.5 Å². The highest BCUT2D eigenvalue weighted by Crippen LogP contribution is 2.26. The molecule has 2 rings (SSSR count). The second kappa shape index (κ2) is 5.85. The zero-order valence-electron chi connectivity index (χ0n) is 9.68. The highest BCUT2D eigenvalue weighted by Gasteiger charge is 2.16. The van der Waals surface area contributed by atoms with Crippen molar-refractivity contribution in [2.75, 3.05) is 5.32 Å². The number of anilines is 1. The summed E-state index contributed by atoms with van der Waals surface area (Å²) in [4.78, 5) is 11.9. The van der Waals surface area contributed by atoms with E-state index in [2.05, 4.69) is 21.2 Å². The molecule has 2 nitrogen and oxygen atoms in total. The second-order valence-corrected chi connectivity index (χ2v) is 5.16. The van der Waals surface area contributed by atoms with Gasteiger partial charge in [0.2, 0.25) is 0 Å². The highest BCUT2D eigenvalue weighted by atomic mass is 79.9. The topological polar surface area (TPSA) is 29.1 Å². The molecule has 0 aliphatic rings. The fourth-order valence-electron chi connectivity index (χ4n) is 1.47. The monoisotopic (exact) mass is 363 g/mol. The average molecular weight is 365 g/mol. The maximum Gasteiger partial charge on any atom is 0.255 e. The average Bonchev–Trinajstić information content (AvgIpc) is 2.39. The summed E-state index contributed by atoms with van der Waals surface area (Å²) in [5.41, 5.74) is -0.0892. The van der Waals surface area contributed by atoms with E-state index < -0.39 is 23.4 Å². The first-order valence-electron chi connectivity index (χ1n) is 5.29. The van der Waals surface area contributed by atoms with Gasteiger partial charge in [-0.05, 0) is 30.3 Å². The number of halogens is 5. The van der Waals surface area contributed by atoms with Crippen LogP contribution in [-0.4, -0.2) is 5.91 Å². The lowest BCUT2D eigenvalue weighted by atomic mass is 10.2. The van der Waals surface area contributed by atoms with Crippen molar-refractivity contribution in [1.82, 2.24) is 0 Å². The van der Waals surface area contributed by atoms with Gasteiger partial charge in [0.25, 0.3) is 5.91 Å². The van der Waals surface area contributed by atoms with Crippen molar-refractivity contribution in [3.8, 4) is 0 Å². The second-order valence-electron chi connectivity index (χ2n) is 3.83. The molecule has 0 fully saturated rings. The number of benzene rings is 2. The van der Waals surface area contributed by atoms with Crippen LogP contribution >= 0.6 is 27.5 Å². The maximum absolute atomic E-state index is 13.1. The van der Waals surface area contributed by atoms with Crippen LogP contribution in [0.2, 0.25) is 5.02 Å². The molecule has 0 heterocycles. The molecule has 1 amide bonds. The Balaban J connectivity index is 2.31. The van der Waals surface area contributed by atoms with Crippen LogP contribution < -0.4 is 5.32 Å². The van der Waals surface area contributed by atoms with Gasteiger partial charge in [0.1, 0.15) is 0 Å². The Bertz CT molecular complexity index is 670. The molecule has 0 saturated carbocycles. The van der Waals surface area contributed by atoms with E-state index in [-0.39, 0.29) is 16.3 Å². The molecule has 0 spiro atoms. The third-order valence-electron chi connectivity index (χ3n) is 2.42. The molecule has 7 heteroatoms. The van der Waals surface area contributed by atoms with E-state index in [0.29, 0.717) is 16.6 Å². The van der Waals surface area contributed by atoms with Crippen molar-refractivity contribution in [2.24, 2.45) is 0 Å². The molecule has 2 aromatic rings. The molecule has 0 unspecified atom stereocenters. The van der Waals surface area contributed by atoms with E-state index in [1.807, 2.05) is 0 Å². The summed E-state index contributed by atoms with van der Waals surface area (Å²) in [6, 6.07) is 5.94. The van der Waals surface area contributed by atoms with Crippen LogP contribution in [0.5, 0.6) is 0 Å². The van der Waals surface area contributed by atoms with E-state index in [0.717, 1.165) is 0 Å². The zero-order valence-corrected chi connectivity index (χ0v) is 12.0. The minimum absolute atomic E-state index is 0.254. The fraction of sp³-hybridized carbons (Fsp3) is 0. The first-order chi connectivity index (χ1) is 9.38. The molecule has 0 bridgehead atoms. The van der Waals surface area contributed by atoms with Gasteiger partial charge in [-0.1, -0.05) is 27.5 Å². The molecule has 104 valence electrons. The lowest BCUT2D eigenvalue weighted by Gasteiger charge is -2.08.